The van der Waals surface area contributed by atoms with Crippen LogP contribution < -0.4 is 4.68 Å². The molecule has 0 unspecified atom stereocenters. The Morgan fingerprint density at radius 2 is 1.89 bits per heavy atom. The van der Waals surface area contributed by atoms with Crippen molar-refractivity contribution in [3.05, 3.63) is 11.6 Å². The van der Waals surface area contributed by atoms with Crippen molar-refractivity contribution in [1.29, 1.82) is 0 Å². The molecular formula is C5H9N4+. The van der Waals surface area contributed by atoms with Gasteiger partial charge in [0.25, 0.3) is 0 Å². The van der Waals surface area contributed by atoms with E-state index in [-0.39, 0.29) is 0 Å². The lowest BCUT2D eigenvalue weighted by Gasteiger charge is -1.87. The standard InChI is InChI=1S/C5H9N4/c1-4-6-7-5(2)9(3)8-4/h1-3H3/q+1. The maximum atomic E-state index is 4.02. The largest absolute Gasteiger partial charge is 0.343 e. The van der Waals surface area contributed by atoms with E-state index in [1.54, 1.807) is 4.68 Å². The zero-order valence-electron chi connectivity index (χ0n) is 5.79. The molecule has 0 bridgehead atoms. The van der Waals surface area contributed by atoms with Gasteiger partial charge in [-0.1, -0.05) is 5.10 Å². The van der Waals surface area contributed by atoms with Crippen LogP contribution in [0.5, 0.6) is 0 Å². The first-order valence-electron chi connectivity index (χ1n) is 2.74. The van der Waals surface area contributed by atoms with Crippen LogP contribution in [0.15, 0.2) is 0 Å². The molecule has 0 aliphatic rings. The van der Waals surface area contributed by atoms with Gasteiger partial charge in [0, 0.05) is 13.8 Å². The Kier molecular flexibility index (Phi) is 1.38. The molecule has 0 atom stereocenters. The molecule has 4 heteroatoms. The topological polar surface area (TPSA) is 42.5 Å². The third kappa shape index (κ3) is 1.19. The molecule has 4 nitrogen and oxygen atoms in total. The summed E-state index contributed by atoms with van der Waals surface area (Å²) in [5.41, 5.74) is 0. The van der Waals surface area contributed by atoms with Crippen LogP contribution in [0, 0.1) is 13.8 Å². The minimum absolute atomic E-state index is 0.697. The van der Waals surface area contributed by atoms with E-state index < -0.39 is 0 Å². The predicted molar refractivity (Wildman–Crippen MR) is 30.5 cm³/mol. The monoisotopic (exact) mass is 125 g/mol. The Balaban J connectivity index is 3.17. The van der Waals surface area contributed by atoms with E-state index in [9.17, 15) is 0 Å². The maximum Gasteiger partial charge on any atom is 0.343 e. The minimum Gasteiger partial charge on any atom is -0.134 e. The second kappa shape index (κ2) is 2.05. The number of hydrogen-bond donors (Lipinski definition) is 0. The molecule has 0 N–H and O–H groups in total. The van der Waals surface area contributed by atoms with Crippen molar-refractivity contribution < 1.29 is 4.68 Å². The summed E-state index contributed by atoms with van der Waals surface area (Å²) in [6.07, 6.45) is 0. The molecule has 1 heterocycles. The fraction of sp³-hybridized carbons (Fsp3) is 0.600. The van der Waals surface area contributed by atoms with Gasteiger partial charge in [0.1, 0.15) is 7.05 Å². The van der Waals surface area contributed by atoms with Gasteiger partial charge in [-0.25, -0.2) is 0 Å². The van der Waals surface area contributed by atoms with Gasteiger partial charge in [0.15, 0.2) is 0 Å². The first-order valence-corrected chi connectivity index (χ1v) is 2.74. The lowest BCUT2D eigenvalue weighted by atomic mass is 10.7. The van der Waals surface area contributed by atoms with Gasteiger partial charge in [0.05, 0.1) is 5.10 Å². The summed E-state index contributed by atoms with van der Waals surface area (Å²) in [6, 6.07) is 0. The fourth-order valence-electron chi connectivity index (χ4n) is 0.519. The molecule has 0 aliphatic carbocycles. The van der Waals surface area contributed by atoms with Crippen LogP contribution in [0.3, 0.4) is 0 Å². The SMILES string of the molecule is Cc1nnc(C)[n+](C)n1. The fourth-order valence-corrected chi connectivity index (χ4v) is 0.519. The second-order valence-corrected chi connectivity index (χ2v) is 1.92. The van der Waals surface area contributed by atoms with E-state index >= 15 is 0 Å². The molecule has 0 saturated carbocycles. The van der Waals surface area contributed by atoms with E-state index in [4.69, 9.17) is 0 Å². The van der Waals surface area contributed by atoms with Crippen LogP contribution in [-0.4, -0.2) is 15.3 Å². The van der Waals surface area contributed by atoms with Gasteiger partial charge in [-0.2, -0.15) is 0 Å². The van der Waals surface area contributed by atoms with Crippen LogP contribution >= 0.6 is 0 Å². The van der Waals surface area contributed by atoms with Crippen LogP contribution in [0.1, 0.15) is 11.6 Å². The van der Waals surface area contributed by atoms with E-state index in [1.165, 1.54) is 0 Å². The molecule has 0 aromatic carbocycles. The summed E-state index contributed by atoms with van der Waals surface area (Å²) in [6.45, 7) is 3.67. The summed E-state index contributed by atoms with van der Waals surface area (Å²) in [5, 5.41) is 11.6. The first kappa shape index (κ1) is 6.07. The van der Waals surface area contributed by atoms with Gasteiger partial charge in [-0.3, -0.25) is 0 Å². The van der Waals surface area contributed by atoms with E-state index in [0.29, 0.717) is 5.82 Å². The Hall–Kier alpha value is -1.06. The molecule has 0 saturated heterocycles. The van der Waals surface area contributed by atoms with Gasteiger partial charge in [-0.05, 0) is 5.10 Å². The number of aryl methyl sites for hydroxylation is 3. The highest BCUT2D eigenvalue weighted by Gasteiger charge is 2.03. The lowest BCUT2D eigenvalue weighted by molar-refractivity contribution is -0.741. The molecule has 0 amide bonds. The zero-order chi connectivity index (χ0) is 6.85. The number of rotatable bonds is 0. The molecule has 0 aliphatic heterocycles. The van der Waals surface area contributed by atoms with Gasteiger partial charge < -0.3 is 0 Å². The van der Waals surface area contributed by atoms with Gasteiger partial charge in [-0.15, -0.1) is 4.68 Å². The smallest absolute Gasteiger partial charge is 0.134 e. The summed E-state index contributed by atoms with van der Waals surface area (Å²) >= 11 is 0. The third-order valence-electron chi connectivity index (χ3n) is 1.10. The third-order valence-corrected chi connectivity index (χ3v) is 1.10. The normalized spacial score (nSPS) is 9.67. The molecule has 0 spiro atoms. The number of hydrogen-bond acceptors (Lipinski definition) is 3. The lowest BCUT2D eigenvalue weighted by Crippen LogP contribution is -2.38. The highest BCUT2D eigenvalue weighted by molar-refractivity contribution is 4.67. The van der Waals surface area contributed by atoms with Crippen LogP contribution in [0.25, 0.3) is 0 Å². The number of aromatic nitrogens is 4. The van der Waals surface area contributed by atoms with Crippen LogP contribution in [0.4, 0.5) is 0 Å². The molecule has 9 heavy (non-hydrogen) atoms. The van der Waals surface area contributed by atoms with Crippen molar-refractivity contribution in [3.63, 3.8) is 0 Å². The van der Waals surface area contributed by atoms with Crippen molar-refractivity contribution in [3.8, 4) is 0 Å². The summed E-state index contributed by atoms with van der Waals surface area (Å²) in [4.78, 5) is 0. The molecule has 0 fully saturated rings. The van der Waals surface area contributed by atoms with E-state index in [0.717, 1.165) is 5.82 Å². The highest BCUT2D eigenvalue weighted by Crippen LogP contribution is 1.75. The number of nitrogens with zero attached hydrogens (tertiary/aromatic N) is 4. The van der Waals surface area contributed by atoms with Crippen molar-refractivity contribution in [2.45, 2.75) is 13.8 Å². The average molecular weight is 125 g/mol. The summed E-state index contributed by atoms with van der Waals surface area (Å²) in [5.74, 6) is 1.52. The van der Waals surface area contributed by atoms with Crippen molar-refractivity contribution in [1.82, 2.24) is 15.3 Å². The van der Waals surface area contributed by atoms with Crippen LogP contribution in [0.2, 0.25) is 0 Å². The van der Waals surface area contributed by atoms with Crippen molar-refractivity contribution in [2.75, 3.05) is 0 Å². The van der Waals surface area contributed by atoms with E-state index in [2.05, 4.69) is 15.3 Å². The zero-order valence-corrected chi connectivity index (χ0v) is 5.79. The Morgan fingerprint density at radius 3 is 2.33 bits per heavy atom. The Morgan fingerprint density at radius 1 is 1.22 bits per heavy atom. The van der Waals surface area contributed by atoms with Crippen LogP contribution in [-0.2, 0) is 7.05 Å². The molecule has 48 valence electrons. The van der Waals surface area contributed by atoms with Crippen molar-refractivity contribution in [2.24, 2.45) is 7.05 Å². The summed E-state index contributed by atoms with van der Waals surface area (Å²) < 4.78 is 1.70. The molecular weight excluding hydrogens is 116 g/mol. The quantitative estimate of drug-likeness (QED) is 0.431. The average Bonchev–Trinajstić information content (AvgIpc) is 1.80. The second-order valence-electron chi connectivity index (χ2n) is 1.92. The van der Waals surface area contributed by atoms with Gasteiger partial charge in [0.2, 0.25) is 5.82 Å². The summed E-state index contributed by atoms with van der Waals surface area (Å²) in [7, 11) is 1.84. The molecule has 1 aromatic rings. The predicted octanol–water partition coefficient (Wildman–Crippen LogP) is -0.687. The molecule has 1 aromatic heterocycles. The maximum absolute atomic E-state index is 4.02. The minimum atomic E-state index is 0.697. The van der Waals surface area contributed by atoms with E-state index in [1.807, 2.05) is 20.9 Å². The highest BCUT2D eigenvalue weighted by atomic mass is 15.4. The van der Waals surface area contributed by atoms with Gasteiger partial charge >= 0.3 is 5.82 Å². The Labute approximate surface area is 53.6 Å². The van der Waals surface area contributed by atoms with Crippen molar-refractivity contribution >= 4 is 0 Å². The first-order chi connectivity index (χ1) is 4.20. The molecule has 0 radical (unpaired) electrons. The Bertz CT molecular complexity index is 220. The molecule has 1 rings (SSSR count).